The highest BCUT2D eigenvalue weighted by Gasteiger charge is 2.35. The zero-order chi connectivity index (χ0) is 43.3. The summed E-state index contributed by atoms with van der Waals surface area (Å²) in [4.78, 5) is 114. The fraction of sp³-hybridized carbons (Fsp3) is 0.727. The van der Waals surface area contributed by atoms with E-state index in [-0.39, 0.29) is 17.4 Å². The minimum Gasteiger partial charge on any atom is -0.480 e. The van der Waals surface area contributed by atoms with Crippen LogP contribution in [0.4, 0.5) is 0 Å². The number of aliphatic hydroxyl groups is 1. The third-order valence-corrected chi connectivity index (χ3v) is 9.23. The minimum atomic E-state index is -1.76. The molecule has 0 bridgehead atoms. The number of unbranched alkanes of at least 4 members (excludes halogenated alkanes) is 1. The van der Waals surface area contributed by atoms with Crippen molar-refractivity contribution in [3.63, 3.8) is 0 Å². The van der Waals surface area contributed by atoms with Crippen LogP contribution in [0.25, 0.3) is 0 Å². The van der Waals surface area contributed by atoms with Gasteiger partial charge in [0.15, 0.2) is 0 Å². The Labute approximate surface area is 337 Å². The number of aliphatic carboxylic acids is 1. The minimum absolute atomic E-state index is 0.303. The average molecular weight is 837 g/mol. The van der Waals surface area contributed by atoms with Crippen molar-refractivity contribution in [2.24, 2.45) is 29.0 Å². The highest BCUT2D eigenvalue weighted by Crippen LogP contribution is 2.10. The number of aliphatic hydroxyl groups excluding tert-OH is 1. The van der Waals surface area contributed by atoms with Crippen molar-refractivity contribution in [2.45, 2.75) is 115 Å². The predicted octanol–water partition coefficient (Wildman–Crippen LogP) is -4.63. The van der Waals surface area contributed by atoms with Gasteiger partial charge in [0.05, 0.1) is 25.1 Å². The Hall–Kier alpha value is -4.19. The van der Waals surface area contributed by atoms with Crippen LogP contribution in [-0.4, -0.2) is 136 Å². The Morgan fingerprint density at radius 3 is 1.64 bits per heavy atom. The van der Waals surface area contributed by atoms with E-state index < -0.39 is 121 Å². The summed E-state index contributed by atoms with van der Waals surface area (Å²) in [6.45, 7) is 7.59. The number of carbonyl (C=O) groups excluding carboxylic acids is 8. The maximum Gasteiger partial charge on any atom is 0.326 e. The van der Waals surface area contributed by atoms with Gasteiger partial charge in [-0.05, 0) is 38.1 Å². The summed E-state index contributed by atoms with van der Waals surface area (Å²) in [5, 5.41) is 36.1. The lowest BCUT2D eigenvalue weighted by atomic mass is 9.97. The van der Waals surface area contributed by atoms with E-state index in [0.29, 0.717) is 32.2 Å². The highest BCUT2D eigenvalue weighted by molar-refractivity contribution is 7.80. The number of nitrogens with two attached hydrogens (primary N) is 3. The van der Waals surface area contributed by atoms with Crippen molar-refractivity contribution in [2.75, 3.05) is 24.6 Å². The number of carboxylic acid groups (broad SMARTS) is 1. The largest absolute Gasteiger partial charge is 0.480 e. The van der Waals surface area contributed by atoms with Crippen LogP contribution in [0.2, 0.25) is 0 Å². The molecular weight excluding hydrogens is 777 g/mol. The molecule has 0 aromatic heterocycles. The van der Waals surface area contributed by atoms with Crippen molar-refractivity contribution in [3.05, 3.63) is 0 Å². The van der Waals surface area contributed by atoms with E-state index >= 15 is 0 Å². The van der Waals surface area contributed by atoms with Crippen molar-refractivity contribution < 1.29 is 53.4 Å². The summed E-state index contributed by atoms with van der Waals surface area (Å²) in [5.41, 5.74) is 16.7. The Balaban J connectivity index is 5.69. The van der Waals surface area contributed by atoms with Gasteiger partial charge in [-0.2, -0.15) is 25.3 Å². The molecule has 0 heterocycles. The molecule has 0 spiro atoms. The van der Waals surface area contributed by atoms with Gasteiger partial charge in [0, 0.05) is 11.5 Å². The number of amides is 8. The van der Waals surface area contributed by atoms with Gasteiger partial charge >= 0.3 is 5.97 Å². The monoisotopic (exact) mass is 836 g/mol. The molecule has 0 aliphatic heterocycles. The molecule has 15 N–H and O–H groups in total. The molecule has 0 fully saturated rings. The number of thiol groups is 2. The number of carboxylic acids is 1. The van der Waals surface area contributed by atoms with Crippen LogP contribution in [0.5, 0.6) is 0 Å². The Morgan fingerprint density at radius 1 is 0.661 bits per heavy atom. The number of hydrogen-bond acceptors (Lipinski definition) is 14. The molecule has 0 unspecified atom stereocenters. The van der Waals surface area contributed by atoms with Crippen molar-refractivity contribution >= 4 is 78.5 Å². The highest BCUT2D eigenvalue weighted by atomic mass is 32.1. The molecule has 0 saturated carbocycles. The molecular formula is C33H60N10O11S2. The van der Waals surface area contributed by atoms with E-state index in [1.54, 1.807) is 27.7 Å². The molecule has 0 rings (SSSR count). The first-order valence-electron chi connectivity index (χ1n) is 18.1. The molecule has 23 heteroatoms. The normalized spacial score (nSPS) is 15.9. The molecule has 0 radical (unpaired) electrons. The molecule has 9 atom stereocenters. The number of primary amides is 1. The first kappa shape index (κ1) is 51.8. The van der Waals surface area contributed by atoms with Gasteiger partial charge < -0.3 is 64.6 Å². The number of carbonyl (C=O) groups is 9. The van der Waals surface area contributed by atoms with E-state index in [4.69, 9.17) is 17.2 Å². The molecule has 8 amide bonds. The van der Waals surface area contributed by atoms with Gasteiger partial charge in [-0.15, -0.1) is 0 Å². The first-order chi connectivity index (χ1) is 26.1. The van der Waals surface area contributed by atoms with E-state index in [9.17, 15) is 53.4 Å². The number of hydrogen-bond donors (Lipinski definition) is 14. The lowest BCUT2D eigenvalue weighted by Crippen LogP contribution is -2.62. The van der Waals surface area contributed by atoms with Crippen LogP contribution in [0, 0.1) is 11.8 Å². The van der Waals surface area contributed by atoms with E-state index in [1.807, 2.05) is 0 Å². The van der Waals surface area contributed by atoms with Gasteiger partial charge in [-0.25, -0.2) is 4.79 Å². The third-order valence-electron chi connectivity index (χ3n) is 8.50. The van der Waals surface area contributed by atoms with E-state index in [2.05, 4.69) is 62.5 Å². The van der Waals surface area contributed by atoms with Crippen LogP contribution >= 0.6 is 25.3 Å². The lowest BCUT2D eigenvalue weighted by Gasteiger charge is -2.27. The molecule has 21 nitrogen and oxygen atoms in total. The summed E-state index contributed by atoms with van der Waals surface area (Å²) in [7, 11) is 0. The van der Waals surface area contributed by atoms with Crippen molar-refractivity contribution in [1.82, 2.24) is 37.2 Å². The van der Waals surface area contributed by atoms with Crippen LogP contribution in [0.3, 0.4) is 0 Å². The summed E-state index contributed by atoms with van der Waals surface area (Å²) < 4.78 is 0. The second-order valence-corrected chi connectivity index (χ2v) is 14.3. The number of nitrogens with one attached hydrogen (secondary N) is 7. The topological polar surface area (TPSA) is 356 Å². The summed E-state index contributed by atoms with van der Waals surface area (Å²) in [5.74, 6) is -10.1. The average Bonchev–Trinajstić information content (AvgIpc) is 3.13. The zero-order valence-corrected chi connectivity index (χ0v) is 34.1. The van der Waals surface area contributed by atoms with Crippen molar-refractivity contribution in [1.29, 1.82) is 0 Å². The van der Waals surface area contributed by atoms with Crippen molar-refractivity contribution in [3.8, 4) is 0 Å². The van der Waals surface area contributed by atoms with Gasteiger partial charge in [0.2, 0.25) is 47.3 Å². The van der Waals surface area contributed by atoms with Gasteiger partial charge in [0.1, 0.15) is 36.3 Å². The third kappa shape index (κ3) is 18.6. The number of rotatable bonds is 27. The van der Waals surface area contributed by atoms with Crippen LogP contribution in [0.1, 0.15) is 66.7 Å². The van der Waals surface area contributed by atoms with Crippen LogP contribution in [-0.2, 0) is 43.2 Å². The fourth-order valence-corrected chi connectivity index (χ4v) is 5.40. The second kappa shape index (κ2) is 26.6. The molecule has 0 aromatic carbocycles. The summed E-state index contributed by atoms with van der Waals surface area (Å²) >= 11 is 8.10. The Morgan fingerprint density at radius 2 is 1.16 bits per heavy atom. The molecule has 0 aromatic rings. The quantitative estimate of drug-likeness (QED) is 0.0274. The zero-order valence-electron chi connectivity index (χ0n) is 32.3. The van der Waals surface area contributed by atoms with Gasteiger partial charge in [-0.1, -0.05) is 40.5 Å². The Bertz CT molecular complexity index is 1370. The van der Waals surface area contributed by atoms with Gasteiger partial charge in [0.25, 0.3) is 0 Å². The fourth-order valence-electron chi connectivity index (χ4n) is 4.88. The second-order valence-electron chi connectivity index (χ2n) is 13.6. The van der Waals surface area contributed by atoms with Gasteiger partial charge in [-0.3, -0.25) is 38.4 Å². The molecule has 320 valence electrons. The smallest absolute Gasteiger partial charge is 0.326 e. The van der Waals surface area contributed by atoms with Crippen LogP contribution < -0.4 is 54.4 Å². The molecule has 0 saturated heterocycles. The van der Waals surface area contributed by atoms with E-state index in [0.717, 1.165) is 6.92 Å². The maximum absolute atomic E-state index is 13.3. The summed E-state index contributed by atoms with van der Waals surface area (Å²) in [6, 6.07) is -9.51. The maximum atomic E-state index is 13.3. The SMILES string of the molecule is CC[C@H](C)[C@H](NC(=O)[C@@H](N)CCCCN)C(=O)NCC(=O)N[C@@H](CS)C(=O)N[C@@H](CC(N)=O)C(=O)N[C@H](C(=O)N[C@@H](CS)C(=O)N[C@H](C(=O)O)C(C)C)[C@@H](C)O. The molecule has 0 aliphatic rings. The molecule has 56 heavy (non-hydrogen) atoms. The van der Waals surface area contributed by atoms with E-state index in [1.165, 1.54) is 0 Å². The lowest BCUT2D eigenvalue weighted by molar-refractivity contribution is -0.143. The summed E-state index contributed by atoms with van der Waals surface area (Å²) in [6.07, 6.45) is -0.230. The molecule has 0 aliphatic carbocycles. The standard InChI is InChI=1S/C33H60N10O11S2/c1-6-16(4)25(42-27(47)18(35)9-7-8-10-34)31(51)37-12-23(46)38-20(13-55)29(49)39-19(11-22(36)45)28(48)43-26(17(5)44)32(52)40-21(14-56)30(50)41-24(15(2)3)33(53)54/h15-21,24-26,44,55-56H,6-14,34-35H2,1-5H3,(H2,36,45)(H,37,51)(H,38,46)(H,39,49)(H,40,52)(H,41,50)(H,42,47)(H,43,48)(H,53,54)/t16-,17+,18-,19-,20-,21-,24-,25-,26-/m0/s1. The van der Waals surface area contributed by atoms with Crippen LogP contribution in [0.15, 0.2) is 0 Å². The predicted molar refractivity (Wildman–Crippen MR) is 211 cm³/mol. The Kier molecular flexibility index (Phi) is 24.6. The first-order valence-corrected chi connectivity index (χ1v) is 19.4.